The number of nitrogens with zero attached hydrogens (tertiary/aromatic N) is 3. The van der Waals surface area contributed by atoms with Crippen LogP contribution in [0.1, 0.15) is 59.7 Å². The van der Waals surface area contributed by atoms with Gasteiger partial charge in [-0.15, -0.1) is 0 Å². The van der Waals surface area contributed by atoms with E-state index in [1.807, 2.05) is 0 Å². The second-order valence-corrected chi connectivity index (χ2v) is 8.17. The van der Waals surface area contributed by atoms with Gasteiger partial charge >= 0.3 is 5.56 Å². The molecule has 2 aromatic rings. The van der Waals surface area contributed by atoms with Crippen molar-refractivity contribution in [1.82, 2.24) is 14.5 Å². The summed E-state index contributed by atoms with van der Waals surface area (Å²) in [6, 6.07) is 6.50. The number of aromatic nitrogens is 2. The second-order valence-electron chi connectivity index (χ2n) is 8.17. The van der Waals surface area contributed by atoms with Crippen LogP contribution in [0.3, 0.4) is 0 Å². The largest absolute Gasteiger partial charge is 0.501 e. The number of rotatable bonds is 5. The summed E-state index contributed by atoms with van der Waals surface area (Å²) in [6.07, 6.45) is 1.63. The van der Waals surface area contributed by atoms with Gasteiger partial charge in [-0.3, -0.25) is 9.59 Å². The van der Waals surface area contributed by atoms with E-state index in [0.717, 1.165) is 12.8 Å². The molecule has 2 heterocycles. The number of fused-ring (bicyclic) bond motifs is 1. The third-order valence-electron chi connectivity index (χ3n) is 6.31. The Bertz CT molecular complexity index is 988. The minimum Gasteiger partial charge on any atom is -0.501 e. The van der Waals surface area contributed by atoms with Crippen molar-refractivity contribution in [3.63, 3.8) is 0 Å². The van der Waals surface area contributed by atoms with Crippen LogP contribution in [-0.4, -0.2) is 38.7 Å². The molecule has 1 aromatic heterocycles. The summed E-state index contributed by atoms with van der Waals surface area (Å²) in [6.45, 7) is 8.68. The molecule has 0 radical (unpaired) electrons. The van der Waals surface area contributed by atoms with Crippen LogP contribution >= 0.6 is 0 Å². The Morgan fingerprint density at radius 2 is 1.76 bits per heavy atom. The number of benzene rings is 1. The van der Waals surface area contributed by atoms with E-state index in [1.165, 1.54) is 21.6 Å². The molecule has 0 saturated heterocycles. The molecule has 3 rings (SSSR count). The third-order valence-corrected chi connectivity index (χ3v) is 6.31. The van der Waals surface area contributed by atoms with Gasteiger partial charge in [-0.2, -0.15) is 4.98 Å². The van der Waals surface area contributed by atoms with Crippen LogP contribution < -0.4 is 11.3 Å². The zero-order valence-corrected chi connectivity index (χ0v) is 17.8. The monoisotopic (exact) mass is 398 g/mol. The number of hydrogen-bond donors (Lipinski definition) is 2. The van der Waals surface area contributed by atoms with E-state index in [-0.39, 0.29) is 17.7 Å². The maximum Gasteiger partial charge on any atom is 0.315 e. The lowest BCUT2D eigenvalue weighted by molar-refractivity contribution is 0.0648. The van der Waals surface area contributed by atoms with Gasteiger partial charge in [-0.25, -0.2) is 0 Å². The van der Waals surface area contributed by atoms with E-state index in [2.05, 4.69) is 50.9 Å². The first-order chi connectivity index (χ1) is 13.6. The lowest BCUT2D eigenvalue weighted by Gasteiger charge is -2.37. The van der Waals surface area contributed by atoms with Gasteiger partial charge in [0.05, 0.1) is 12.7 Å². The van der Waals surface area contributed by atoms with Crippen molar-refractivity contribution in [2.45, 2.75) is 65.1 Å². The fraction of sp³-hybridized carbons (Fsp3) is 0.500. The van der Waals surface area contributed by atoms with Crippen molar-refractivity contribution >= 4 is 5.91 Å². The number of carbonyl (C=O) groups excluding carboxylic acids is 1. The molecule has 0 aliphatic carbocycles. The minimum atomic E-state index is -0.773. The van der Waals surface area contributed by atoms with Crippen LogP contribution in [0, 0.1) is 13.8 Å². The highest BCUT2D eigenvalue weighted by atomic mass is 16.3. The fourth-order valence-corrected chi connectivity index (χ4v) is 4.36. The molecule has 1 amide bonds. The van der Waals surface area contributed by atoms with Crippen LogP contribution in [-0.2, 0) is 18.4 Å². The lowest BCUT2D eigenvalue weighted by Crippen LogP contribution is -2.52. The third kappa shape index (κ3) is 3.55. The Hall–Kier alpha value is -2.67. The molecule has 29 heavy (non-hydrogen) atoms. The molecule has 0 unspecified atom stereocenters. The first kappa shape index (κ1) is 21.0. The smallest absolute Gasteiger partial charge is 0.315 e. The first-order valence-electron chi connectivity index (χ1n) is 10.1. The molecule has 156 valence electrons. The van der Waals surface area contributed by atoms with Crippen LogP contribution in [0.5, 0.6) is 5.75 Å². The van der Waals surface area contributed by atoms with E-state index in [9.17, 15) is 14.7 Å². The first-order valence-corrected chi connectivity index (χ1v) is 10.1. The fourth-order valence-electron chi connectivity index (χ4n) is 4.36. The number of aromatic hydroxyl groups is 1. The van der Waals surface area contributed by atoms with Crippen molar-refractivity contribution < 1.29 is 9.90 Å². The summed E-state index contributed by atoms with van der Waals surface area (Å²) >= 11 is 0. The van der Waals surface area contributed by atoms with Gasteiger partial charge in [0.2, 0.25) is 5.75 Å². The van der Waals surface area contributed by atoms with Gasteiger partial charge in [0, 0.05) is 18.9 Å². The molecular weight excluding hydrogens is 368 g/mol. The summed E-state index contributed by atoms with van der Waals surface area (Å²) in [5, 5.41) is 10.3. The number of amides is 1. The molecule has 3 N–H and O–H groups in total. The van der Waals surface area contributed by atoms with Gasteiger partial charge in [0.25, 0.3) is 5.91 Å². The Morgan fingerprint density at radius 3 is 2.31 bits per heavy atom. The molecule has 1 aliphatic rings. The zero-order chi connectivity index (χ0) is 21.5. The van der Waals surface area contributed by atoms with E-state index in [4.69, 9.17) is 5.73 Å². The van der Waals surface area contributed by atoms with Gasteiger partial charge in [-0.1, -0.05) is 43.2 Å². The number of nitrogens with two attached hydrogens (primary N) is 1. The van der Waals surface area contributed by atoms with Crippen molar-refractivity contribution in [1.29, 1.82) is 0 Å². The second kappa shape index (κ2) is 7.63. The summed E-state index contributed by atoms with van der Waals surface area (Å²) in [7, 11) is 1.57. The number of aryl methyl sites for hydroxylation is 2. The molecule has 0 spiro atoms. The van der Waals surface area contributed by atoms with Crippen molar-refractivity contribution in [3.8, 4) is 5.75 Å². The van der Waals surface area contributed by atoms with Crippen LogP contribution in [0.25, 0.3) is 0 Å². The number of likely N-dealkylation sites (N-methyl/N-ethyl adjacent to an activating group) is 1. The van der Waals surface area contributed by atoms with Gasteiger partial charge in [-0.05, 0) is 32.3 Å². The van der Waals surface area contributed by atoms with Gasteiger partial charge in [0.15, 0.2) is 5.69 Å². The Balaban J connectivity index is 2.19. The summed E-state index contributed by atoms with van der Waals surface area (Å²) < 4.78 is 1.63. The van der Waals surface area contributed by atoms with Crippen molar-refractivity contribution in [2.24, 2.45) is 5.73 Å². The highest BCUT2D eigenvalue weighted by Crippen LogP contribution is 2.37. The quantitative estimate of drug-likeness (QED) is 0.804. The molecule has 0 bridgehead atoms. The number of hydrogen-bond acceptors (Lipinski definition) is 5. The average molecular weight is 399 g/mol. The topological polar surface area (TPSA) is 101 Å². The maximum atomic E-state index is 12.7. The highest BCUT2D eigenvalue weighted by Gasteiger charge is 2.36. The van der Waals surface area contributed by atoms with Crippen LogP contribution in [0.4, 0.5) is 0 Å². The Labute approximate surface area is 171 Å². The zero-order valence-electron chi connectivity index (χ0n) is 17.8. The van der Waals surface area contributed by atoms with E-state index < -0.39 is 23.4 Å². The van der Waals surface area contributed by atoms with Crippen molar-refractivity contribution in [2.75, 3.05) is 7.05 Å². The van der Waals surface area contributed by atoms with Crippen molar-refractivity contribution in [3.05, 3.63) is 56.8 Å². The lowest BCUT2D eigenvalue weighted by atomic mass is 9.72. The van der Waals surface area contributed by atoms with E-state index >= 15 is 0 Å². The summed E-state index contributed by atoms with van der Waals surface area (Å²) in [5.41, 5.74) is 8.64. The molecule has 1 atom stereocenters. The Morgan fingerprint density at radius 1 is 1.17 bits per heavy atom. The van der Waals surface area contributed by atoms with E-state index in [1.54, 1.807) is 11.6 Å². The molecule has 1 aliphatic heterocycles. The summed E-state index contributed by atoms with van der Waals surface area (Å²) in [4.78, 5) is 30.6. The molecule has 0 saturated carbocycles. The molecule has 7 nitrogen and oxygen atoms in total. The number of carbonyl (C=O) groups is 1. The van der Waals surface area contributed by atoms with Gasteiger partial charge in [0.1, 0.15) is 5.82 Å². The molecule has 7 heteroatoms. The SMILES string of the molecule is CCC(CC)(Cc1nc(=O)c(O)c2n1C[C@H](N)N(C)C2=O)c1cc(C)cc(C)c1. The average Bonchev–Trinajstić information content (AvgIpc) is 2.67. The van der Waals surface area contributed by atoms with Crippen LogP contribution in [0.2, 0.25) is 0 Å². The predicted molar refractivity (Wildman–Crippen MR) is 112 cm³/mol. The standard InChI is InChI=1S/C22H30N4O3/c1-6-22(7-2,15-9-13(3)8-14(4)10-15)11-17-24-20(28)19(27)18-21(29)25(5)16(23)12-26(17)18/h8-10,16,27H,6-7,11-12,23H2,1-5H3/t16-/m1/s1. The normalized spacial score (nSPS) is 16.8. The van der Waals surface area contributed by atoms with Crippen LogP contribution in [0.15, 0.2) is 23.0 Å². The Kier molecular flexibility index (Phi) is 5.54. The summed E-state index contributed by atoms with van der Waals surface area (Å²) in [5.74, 6) is -0.586. The molecule has 1 aromatic carbocycles. The predicted octanol–water partition coefficient (Wildman–Crippen LogP) is 2.24. The van der Waals surface area contributed by atoms with Gasteiger partial charge < -0.3 is 20.3 Å². The maximum absolute atomic E-state index is 12.7. The highest BCUT2D eigenvalue weighted by molar-refractivity contribution is 5.95. The van der Waals surface area contributed by atoms with E-state index in [0.29, 0.717) is 12.2 Å². The molecule has 0 fully saturated rings. The molecular formula is C22H30N4O3. The minimum absolute atomic E-state index is 0.0225.